The first kappa shape index (κ1) is 18.0. The van der Waals surface area contributed by atoms with E-state index in [4.69, 9.17) is 0 Å². The van der Waals surface area contributed by atoms with Gasteiger partial charge in [0.05, 0.1) is 5.69 Å². The van der Waals surface area contributed by atoms with Crippen molar-refractivity contribution in [1.82, 2.24) is 20.0 Å². The van der Waals surface area contributed by atoms with Gasteiger partial charge in [-0.15, -0.1) is 0 Å². The van der Waals surface area contributed by atoms with Crippen molar-refractivity contribution in [2.24, 2.45) is 7.05 Å². The molecule has 0 aliphatic carbocycles. The van der Waals surface area contributed by atoms with Crippen molar-refractivity contribution < 1.29 is 0 Å². The van der Waals surface area contributed by atoms with Crippen LogP contribution in [0.2, 0.25) is 0 Å². The average Bonchev–Trinajstić information content (AvgIpc) is 2.66. The molecule has 0 spiro atoms. The van der Waals surface area contributed by atoms with Crippen LogP contribution in [0.5, 0.6) is 0 Å². The summed E-state index contributed by atoms with van der Waals surface area (Å²) in [7, 11) is 6.31. The van der Waals surface area contributed by atoms with Crippen LogP contribution < -0.4 is 10.2 Å². The van der Waals surface area contributed by atoms with Crippen molar-refractivity contribution >= 4 is 5.82 Å². The van der Waals surface area contributed by atoms with Crippen LogP contribution >= 0.6 is 0 Å². The fourth-order valence-corrected chi connectivity index (χ4v) is 2.94. The van der Waals surface area contributed by atoms with Gasteiger partial charge in [-0.2, -0.15) is 5.10 Å². The van der Waals surface area contributed by atoms with Crippen LogP contribution in [0.25, 0.3) is 0 Å². The number of nitrogens with zero attached hydrogens (tertiary/aromatic N) is 4. The lowest BCUT2D eigenvalue weighted by Crippen LogP contribution is -2.41. The van der Waals surface area contributed by atoms with Gasteiger partial charge < -0.3 is 15.1 Å². The standard InChI is InChI=1S/C16H33N5/c1-8-10-17-11-15-14(4)18-20(7)16(15)21(9-2)13(3)12-19(5)6/h13,17H,8-12H2,1-7H3. The van der Waals surface area contributed by atoms with Gasteiger partial charge in [-0.25, -0.2) is 0 Å². The van der Waals surface area contributed by atoms with E-state index in [1.807, 2.05) is 4.68 Å². The van der Waals surface area contributed by atoms with Crippen molar-refractivity contribution in [2.75, 3.05) is 38.6 Å². The Morgan fingerprint density at radius 3 is 2.48 bits per heavy atom. The maximum absolute atomic E-state index is 4.64. The second kappa shape index (κ2) is 8.39. The molecule has 0 aliphatic heterocycles. The number of nitrogens with one attached hydrogen (secondary N) is 1. The number of aromatic nitrogens is 2. The Morgan fingerprint density at radius 1 is 1.29 bits per heavy atom. The molecule has 1 heterocycles. The van der Waals surface area contributed by atoms with E-state index in [0.29, 0.717) is 6.04 Å². The SMILES string of the molecule is CCCNCc1c(C)nn(C)c1N(CC)C(C)CN(C)C. The molecule has 0 bridgehead atoms. The van der Waals surface area contributed by atoms with Crippen LogP contribution in [0.3, 0.4) is 0 Å². The smallest absolute Gasteiger partial charge is 0.131 e. The Kier molecular flexibility index (Phi) is 7.18. The summed E-state index contributed by atoms with van der Waals surface area (Å²) >= 11 is 0. The summed E-state index contributed by atoms with van der Waals surface area (Å²) in [6.45, 7) is 12.8. The van der Waals surface area contributed by atoms with Crippen LogP contribution in [-0.2, 0) is 13.6 Å². The zero-order valence-electron chi connectivity index (χ0n) is 14.9. The topological polar surface area (TPSA) is 36.3 Å². The van der Waals surface area contributed by atoms with Gasteiger partial charge in [-0.3, -0.25) is 4.68 Å². The van der Waals surface area contributed by atoms with Crippen molar-refractivity contribution in [1.29, 1.82) is 0 Å². The molecule has 21 heavy (non-hydrogen) atoms. The Labute approximate surface area is 130 Å². The molecular weight excluding hydrogens is 262 g/mol. The highest BCUT2D eigenvalue weighted by Gasteiger charge is 2.22. The molecule has 0 fully saturated rings. The second-order valence-electron chi connectivity index (χ2n) is 6.09. The van der Waals surface area contributed by atoms with Gasteiger partial charge in [0.25, 0.3) is 0 Å². The first-order valence-electron chi connectivity index (χ1n) is 8.06. The fraction of sp³-hybridized carbons (Fsp3) is 0.812. The Balaban J connectivity index is 3.01. The lowest BCUT2D eigenvalue weighted by Gasteiger charge is -2.32. The van der Waals surface area contributed by atoms with E-state index in [-0.39, 0.29) is 0 Å². The highest BCUT2D eigenvalue weighted by Crippen LogP contribution is 2.25. The summed E-state index contributed by atoms with van der Waals surface area (Å²) in [5.41, 5.74) is 2.46. The summed E-state index contributed by atoms with van der Waals surface area (Å²) < 4.78 is 2.04. The molecule has 1 N–H and O–H groups in total. The predicted octanol–water partition coefficient (Wildman–Crippen LogP) is 2.00. The van der Waals surface area contributed by atoms with E-state index in [1.165, 1.54) is 11.4 Å². The molecule has 5 heteroatoms. The van der Waals surface area contributed by atoms with Gasteiger partial charge in [0.15, 0.2) is 0 Å². The quantitative estimate of drug-likeness (QED) is 0.707. The number of hydrogen-bond acceptors (Lipinski definition) is 4. The zero-order chi connectivity index (χ0) is 16.0. The van der Waals surface area contributed by atoms with E-state index in [9.17, 15) is 0 Å². The Hall–Kier alpha value is -1.07. The third kappa shape index (κ3) is 4.71. The number of rotatable bonds is 9. The lowest BCUT2D eigenvalue weighted by molar-refractivity contribution is 0.370. The molecule has 122 valence electrons. The molecule has 0 radical (unpaired) electrons. The molecule has 0 saturated heterocycles. The second-order valence-corrected chi connectivity index (χ2v) is 6.09. The summed E-state index contributed by atoms with van der Waals surface area (Å²) in [6.07, 6.45) is 1.16. The van der Waals surface area contributed by atoms with Crippen molar-refractivity contribution in [3.8, 4) is 0 Å². The third-order valence-electron chi connectivity index (χ3n) is 3.82. The van der Waals surface area contributed by atoms with Crippen molar-refractivity contribution in [2.45, 2.75) is 46.7 Å². The summed E-state index contributed by atoms with van der Waals surface area (Å²) in [5.74, 6) is 1.26. The van der Waals surface area contributed by atoms with Crippen LogP contribution in [0.1, 0.15) is 38.4 Å². The van der Waals surface area contributed by atoms with Crippen LogP contribution in [-0.4, -0.2) is 54.5 Å². The first-order valence-corrected chi connectivity index (χ1v) is 8.06. The van der Waals surface area contributed by atoms with Crippen molar-refractivity contribution in [3.05, 3.63) is 11.3 Å². The average molecular weight is 295 g/mol. The summed E-state index contributed by atoms with van der Waals surface area (Å²) in [6, 6.07) is 0.463. The number of aryl methyl sites for hydroxylation is 2. The fourth-order valence-electron chi connectivity index (χ4n) is 2.94. The van der Waals surface area contributed by atoms with Gasteiger partial charge in [0.1, 0.15) is 5.82 Å². The van der Waals surface area contributed by atoms with E-state index < -0.39 is 0 Å². The molecule has 5 nitrogen and oxygen atoms in total. The van der Waals surface area contributed by atoms with Crippen LogP contribution in [0.4, 0.5) is 5.82 Å². The monoisotopic (exact) mass is 295 g/mol. The van der Waals surface area contributed by atoms with E-state index in [1.54, 1.807) is 0 Å². The van der Waals surface area contributed by atoms with Gasteiger partial charge in [0.2, 0.25) is 0 Å². The molecule has 0 saturated carbocycles. The minimum absolute atomic E-state index is 0.463. The van der Waals surface area contributed by atoms with Gasteiger partial charge in [-0.1, -0.05) is 6.92 Å². The minimum Gasteiger partial charge on any atom is -0.353 e. The summed E-state index contributed by atoms with van der Waals surface area (Å²) in [5, 5.41) is 8.16. The van der Waals surface area contributed by atoms with Crippen LogP contribution in [0, 0.1) is 6.92 Å². The molecule has 1 aromatic rings. The van der Waals surface area contributed by atoms with E-state index in [0.717, 1.165) is 38.3 Å². The maximum atomic E-state index is 4.64. The molecule has 0 aliphatic rings. The normalized spacial score (nSPS) is 13.0. The Morgan fingerprint density at radius 2 is 1.95 bits per heavy atom. The van der Waals surface area contributed by atoms with E-state index >= 15 is 0 Å². The highest BCUT2D eigenvalue weighted by molar-refractivity contribution is 5.51. The predicted molar refractivity (Wildman–Crippen MR) is 91.0 cm³/mol. The molecule has 1 rings (SSSR count). The largest absolute Gasteiger partial charge is 0.353 e. The molecule has 0 aromatic carbocycles. The number of hydrogen-bond donors (Lipinski definition) is 1. The number of anilines is 1. The molecule has 0 amide bonds. The van der Waals surface area contributed by atoms with Crippen LogP contribution in [0.15, 0.2) is 0 Å². The van der Waals surface area contributed by atoms with Gasteiger partial charge >= 0.3 is 0 Å². The molecule has 1 aromatic heterocycles. The van der Waals surface area contributed by atoms with E-state index in [2.05, 4.69) is 69.1 Å². The zero-order valence-corrected chi connectivity index (χ0v) is 14.9. The van der Waals surface area contributed by atoms with Gasteiger partial charge in [-0.05, 0) is 47.8 Å². The Bertz CT molecular complexity index is 425. The van der Waals surface area contributed by atoms with Gasteiger partial charge in [0, 0.05) is 38.3 Å². The molecular formula is C16H33N5. The number of likely N-dealkylation sites (N-methyl/N-ethyl adjacent to an activating group) is 2. The molecule has 1 atom stereocenters. The maximum Gasteiger partial charge on any atom is 0.131 e. The lowest BCUT2D eigenvalue weighted by atomic mass is 10.2. The molecule has 1 unspecified atom stereocenters. The van der Waals surface area contributed by atoms with Crippen molar-refractivity contribution in [3.63, 3.8) is 0 Å². The highest BCUT2D eigenvalue weighted by atomic mass is 15.4. The first-order chi connectivity index (χ1) is 9.92. The minimum atomic E-state index is 0.463. The summed E-state index contributed by atoms with van der Waals surface area (Å²) in [4.78, 5) is 4.70. The third-order valence-corrected chi connectivity index (χ3v) is 3.82.